The van der Waals surface area contributed by atoms with Gasteiger partial charge in [-0.15, -0.1) is 11.8 Å². The number of likely N-dealkylation sites (tertiary alicyclic amines) is 1. The minimum atomic E-state index is -0.755. The molecule has 1 heterocycles. The van der Waals surface area contributed by atoms with E-state index in [0.717, 1.165) is 25.3 Å². The van der Waals surface area contributed by atoms with Crippen molar-refractivity contribution in [3.8, 4) is 0 Å². The third-order valence-electron chi connectivity index (χ3n) is 3.06. The third kappa shape index (κ3) is 5.73. The number of hydrogen-bond acceptors (Lipinski definition) is 4. The minimum Gasteiger partial charge on any atom is -0.481 e. The van der Waals surface area contributed by atoms with Gasteiger partial charge in [0.2, 0.25) is 5.91 Å². The number of ether oxygens (including phenoxy) is 1. The fourth-order valence-electron chi connectivity index (χ4n) is 2.02. The predicted molar refractivity (Wildman–Crippen MR) is 70.8 cm³/mol. The molecule has 6 heteroatoms. The van der Waals surface area contributed by atoms with Crippen LogP contribution in [0, 0.1) is 5.92 Å². The maximum atomic E-state index is 11.8. The molecule has 0 aromatic carbocycles. The van der Waals surface area contributed by atoms with Crippen LogP contribution < -0.4 is 0 Å². The van der Waals surface area contributed by atoms with Crippen LogP contribution >= 0.6 is 11.8 Å². The first-order valence-corrected chi connectivity index (χ1v) is 7.35. The van der Waals surface area contributed by atoms with Crippen LogP contribution in [0.5, 0.6) is 0 Å². The zero-order valence-electron chi connectivity index (χ0n) is 10.8. The topological polar surface area (TPSA) is 66.8 Å². The first kappa shape index (κ1) is 15.3. The number of hydrogen-bond donors (Lipinski definition) is 1. The largest absolute Gasteiger partial charge is 0.481 e. The lowest BCUT2D eigenvalue weighted by Crippen LogP contribution is -2.30. The van der Waals surface area contributed by atoms with Crippen molar-refractivity contribution in [2.75, 3.05) is 38.3 Å². The van der Waals surface area contributed by atoms with E-state index in [-0.39, 0.29) is 12.3 Å². The van der Waals surface area contributed by atoms with Crippen molar-refractivity contribution in [2.24, 2.45) is 5.92 Å². The third-order valence-corrected chi connectivity index (χ3v) is 3.97. The van der Waals surface area contributed by atoms with E-state index in [9.17, 15) is 9.59 Å². The van der Waals surface area contributed by atoms with E-state index in [1.54, 1.807) is 18.9 Å². The van der Waals surface area contributed by atoms with Crippen LogP contribution in [0.3, 0.4) is 0 Å². The Hall–Kier alpha value is -0.750. The summed E-state index contributed by atoms with van der Waals surface area (Å²) in [4.78, 5) is 24.2. The van der Waals surface area contributed by atoms with Gasteiger partial charge < -0.3 is 14.7 Å². The summed E-state index contributed by atoms with van der Waals surface area (Å²) in [6.07, 6.45) is 1.81. The van der Waals surface area contributed by atoms with Gasteiger partial charge >= 0.3 is 5.97 Å². The van der Waals surface area contributed by atoms with E-state index in [1.807, 2.05) is 4.90 Å². The maximum absolute atomic E-state index is 11.8. The number of carboxylic acids is 1. The molecule has 1 fully saturated rings. The van der Waals surface area contributed by atoms with Gasteiger partial charge in [0.1, 0.15) is 0 Å². The van der Waals surface area contributed by atoms with Crippen molar-refractivity contribution in [1.82, 2.24) is 4.90 Å². The Labute approximate surface area is 112 Å². The molecule has 0 aromatic rings. The molecule has 0 aliphatic carbocycles. The molecule has 1 unspecified atom stereocenters. The molecule has 0 radical (unpaired) electrons. The van der Waals surface area contributed by atoms with E-state index >= 15 is 0 Å². The monoisotopic (exact) mass is 275 g/mol. The number of methoxy groups -OCH3 is 1. The van der Waals surface area contributed by atoms with Gasteiger partial charge in [-0.2, -0.15) is 0 Å². The summed E-state index contributed by atoms with van der Waals surface area (Å²) in [7, 11) is 1.65. The quantitative estimate of drug-likeness (QED) is 0.671. The molecule has 1 rings (SSSR count). The van der Waals surface area contributed by atoms with E-state index in [2.05, 4.69) is 0 Å². The highest BCUT2D eigenvalue weighted by atomic mass is 32.2. The SMILES string of the molecule is COCCSCC(=O)N1CCC(CCC(=O)O)C1. The highest BCUT2D eigenvalue weighted by molar-refractivity contribution is 7.99. The lowest BCUT2D eigenvalue weighted by atomic mass is 10.0. The van der Waals surface area contributed by atoms with Crippen LogP contribution in [-0.4, -0.2) is 60.2 Å². The molecule has 1 saturated heterocycles. The van der Waals surface area contributed by atoms with Crippen molar-refractivity contribution < 1.29 is 19.4 Å². The normalized spacial score (nSPS) is 19.2. The number of carbonyl (C=O) groups is 2. The lowest BCUT2D eigenvalue weighted by Gasteiger charge is -2.16. The maximum Gasteiger partial charge on any atom is 0.303 e. The molecule has 104 valence electrons. The number of nitrogens with zero attached hydrogens (tertiary/aromatic N) is 1. The number of carbonyl (C=O) groups excluding carboxylic acids is 1. The fraction of sp³-hybridized carbons (Fsp3) is 0.833. The van der Waals surface area contributed by atoms with Crippen molar-refractivity contribution in [3.05, 3.63) is 0 Å². The Balaban J connectivity index is 2.16. The molecule has 1 amide bonds. The number of aliphatic carboxylic acids is 1. The highest BCUT2D eigenvalue weighted by Crippen LogP contribution is 2.21. The molecule has 0 saturated carbocycles. The van der Waals surface area contributed by atoms with Gasteiger partial charge in [0.05, 0.1) is 12.4 Å². The first-order chi connectivity index (χ1) is 8.63. The van der Waals surface area contributed by atoms with Crippen LogP contribution in [0.2, 0.25) is 0 Å². The average Bonchev–Trinajstić information content (AvgIpc) is 2.80. The summed E-state index contributed by atoms with van der Waals surface area (Å²) < 4.78 is 4.92. The number of carboxylic acid groups (broad SMARTS) is 1. The summed E-state index contributed by atoms with van der Waals surface area (Å²) in [5.41, 5.74) is 0. The summed E-state index contributed by atoms with van der Waals surface area (Å²) in [5, 5.41) is 8.62. The number of thioether (sulfide) groups is 1. The molecule has 18 heavy (non-hydrogen) atoms. The molecular formula is C12H21NO4S. The van der Waals surface area contributed by atoms with Gasteiger partial charge in [0.15, 0.2) is 0 Å². The van der Waals surface area contributed by atoms with E-state index in [1.165, 1.54) is 0 Å². The Morgan fingerprint density at radius 1 is 1.50 bits per heavy atom. The standard InChI is InChI=1S/C12H21NO4S/c1-17-6-7-18-9-11(14)13-5-4-10(8-13)2-3-12(15)16/h10H,2-9H2,1H3,(H,15,16). The second-order valence-corrected chi connectivity index (χ2v) is 5.58. The molecule has 0 spiro atoms. The van der Waals surface area contributed by atoms with Crippen LogP contribution in [0.15, 0.2) is 0 Å². The molecule has 0 bridgehead atoms. The lowest BCUT2D eigenvalue weighted by molar-refractivity contribution is -0.137. The fourth-order valence-corrected chi connectivity index (χ4v) is 2.80. The number of amides is 1. The van der Waals surface area contributed by atoms with Gasteiger partial charge in [-0.3, -0.25) is 9.59 Å². The predicted octanol–water partition coefficient (Wildman–Crippen LogP) is 1.08. The van der Waals surface area contributed by atoms with Crippen LogP contribution in [0.1, 0.15) is 19.3 Å². The van der Waals surface area contributed by atoms with Crippen LogP contribution in [0.25, 0.3) is 0 Å². The Morgan fingerprint density at radius 3 is 2.94 bits per heavy atom. The van der Waals surface area contributed by atoms with Crippen molar-refractivity contribution in [2.45, 2.75) is 19.3 Å². The van der Waals surface area contributed by atoms with E-state index < -0.39 is 5.97 Å². The number of rotatable bonds is 8. The van der Waals surface area contributed by atoms with Gasteiger partial charge in [0.25, 0.3) is 0 Å². The van der Waals surface area contributed by atoms with Crippen molar-refractivity contribution >= 4 is 23.6 Å². The highest BCUT2D eigenvalue weighted by Gasteiger charge is 2.26. The van der Waals surface area contributed by atoms with Crippen molar-refractivity contribution in [3.63, 3.8) is 0 Å². The summed E-state index contributed by atoms with van der Waals surface area (Å²) >= 11 is 1.58. The first-order valence-electron chi connectivity index (χ1n) is 6.19. The molecule has 0 aromatic heterocycles. The summed E-state index contributed by atoms with van der Waals surface area (Å²) in [6, 6.07) is 0. The Kier molecular flexibility index (Phi) is 7.12. The molecule has 1 aliphatic rings. The Bertz CT molecular complexity index is 285. The van der Waals surface area contributed by atoms with Crippen LogP contribution in [-0.2, 0) is 14.3 Å². The smallest absolute Gasteiger partial charge is 0.303 e. The minimum absolute atomic E-state index is 0.161. The Morgan fingerprint density at radius 2 is 2.28 bits per heavy atom. The zero-order chi connectivity index (χ0) is 13.4. The van der Waals surface area contributed by atoms with Gasteiger partial charge in [-0.25, -0.2) is 0 Å². The second kappa shape index (κ2) is 8.37. The molecule has 5 nitrogen and oxygen atoms in total. The van der Waals surface area contributed by atoms with Gasteiger partial charge in [0, 0.05) is 32.4 Å². The van der Waals surface area contributed by atoms with E-state index in [4.69, 9.17) is 9.84 Å². The van der Waals surface area contributed by atoms with Crippen LogP contribution in [0.4, 0.5) is 0 Å². The van der Waals surface area contributed by atoms with Gasteiger partial charge in [-0.05, 0) is 18.8 Å². The molecular weight excluding hydrogens is 254 g/mol. The van der Waals surface area contributed by atoms with Gasteiger partial charge in [-0.1, -0.05) is 0 Å². The second-order valence-electron chi connectivity index (χ2n) is 4.47. The zero-order valence-corrected chi connectivity index (χ0v) is 11.6. The van der Waals surface area contributed by atoms with E-state index in [0.29, 0.717) is 24.7 Å². The summed E-state index contributed by atoms with van der Waals surface area (Å²) in [6.45, 7) is 2.16. The molecule has 1 N–H and O–H groups in total. The van der Waals surface area contributed by atoms with Crippen molar-refractivity contribution in [1.29, 1.82) is 0 Å². The molecule has 1 atom stereocenters. The summed E-state index contributed by atoms with van der Waals surface area (Å²) in [5.74, 6) is 1.09. The average molecular weight is 275 g/mol. The molecule has 1 aliphatic heterocycles.